The predicted octanol–water partition coefficient (Wildman–Crippen LogP) is 4.23. The van der Waals surface area contributed by atoms with Crippen molar-refractivity contribution in [1.29, 1.82) is 0 Å². The van der Waals surface area contributed by atoms with Gasteiger partial charge >= 0.3 is 0 Å². The van der Waals surface area contributed by atoms with Gasteiger partial charge in [0.1, 0.15) is 18.1 Å². The number of thioether (sulfide) groups is 1. The number of para-hydroxylation sites is 1. The van der Waals surface area contributed by atoms with E-state index in [9.17, 15) is 4.79 Å². The highest BCUT2D eigenvalue weighted by Crippen LogP contribution is 2.26. The number of hydrogen-bond donors (Lipinski definition) is 1. The maximum absolute atomic E-state index is 12.5. The first-order chi connectivity index (χ1) is 13.9. The molecule has 0 aliphatic carbocycles. The van der Waals surface area contributed by atoms with Crippen LogP contribution in [0.15, 0.2) is 59.9 Å². The van der Waals surface area contributed by atoms with Crippen molar-refractivity contribution in [2.24, 2.45) is 0 Å². The summed E-state index contributed by atoms with van der Waals surface area (Å²) in [5, 5.41) is 7.28. The van der Waals surface area contributed by atoms with Gasteiger partial charge in [-0.2, -0.15) is 5.10 Å². The first kappa shape index (κ1) is 20.9. The third-order valence-corrected chi connectivity index (χ3v) is 5.09. The van der Waals surface area contributed by atoms with Crippen LogP contribution in [0.25, 0.3) is 11.1 Å². The maximum atomic E-state index is 12.5. The standard InChI is InChI=1S/C22H26N4O2S/c1-22(2,3)26-15-17(14-25-26)16-9-10-23-18(13-16)21(27)24-11-12-28-19-7-5-6-8-20(19)29-4/h5-10,13-15H,11-12H2,1-4H3,(H,24,27). The molecular formula is C22H26N4O2S. The Morgan fingerprint density at radius 3 is 2.72 bits per heavy atom. The zero-order valence-electron chi connectivity index (χ0n) is 17.2. The monoisotopic (exact) mass is 410 g/mol. The smallest absolute Gasteiger partial charge is 0.270 e. The highest BCUT2D eigenvalue weighted by Gasteiger charge is 2.15. The van der Waals surface area contributed by atoms with Gasteiger partial charge in [0.25, 0.3) is 5.91 Å². The molecule has 1 aromatic carbocycles. The summed E-state index contributed by atoms with van der Waals surface area (Å²) < 4.78 is 7.68. The number of ether oxygens (including phenoxy) is 1. The van der Waals surface area contributed by atoms with Crippen LogP contribution in [0.5, 0.6) is 5.75 Å². The topological polar surface area (TPSA) is 69.0 Å². The lowest BCUT2D eigenvalue weighted by Gasteiger charge is -2.18. The highest BCUT2D eigenvalue weighted by molar-refractivity contribution is 7.98. The van der Waals surface area contributed by atoms with Gasteiger partial charge < -0.3 is 10.1 Å². The van der Waals surface area contributed by atoms with E-state index in [0.29, 0.717) is 18.8 Å². The summed E-state index contributed by atoms with van der Waals surface area (Å²) in [5.74, 6) is 0.599. The van der Waals surface area contributed by atoms with Crippen molar-refractivity contribution >= 4 is 17.7 Å². The van der Waals surface area contributed by atoms with Gasteiger partial charge in [0.15, 0.2) is 0 Å². The number of nitrogens with zero attached hydrogens (tertiary/aromatic N) is 3. The van der Waals surface area contributed by atoms with Gasteiger partial charge in [-0.3, -0.25) is 14.5 Å². The lowest BCUT2D eigenvalue weighted by Crippen LogP contribution is -2.28. The lowest BCUT2D eigenvalue weighted by atomic mass is 10.1. The Morgan fingerprint density at radius 2 is 2.00 bits per heavy atom. The Kier molecular flexibility index (Phi) is 6.59. The second-order valence-corrected chi connectivity index (χ2v) is 8.38. The van der Waals surface area contributed by atoms with Crippen LogP contribution in [-0.4, -0.2) is 40.1 Å². The quantitative estimate of drug-likeness (QED) is 0.466. The van der Waals surface area contributed by atoms with Gasteiger partial charge in [-0.15, -0.1) is 11.8 Å². The van der Waals surface area contributed by atoms with Crippen LogP contribution in [-0.2, 0) is 5.54 Å². The number of carbonyl (C=O) groups excluding carboxylic acids is 1. The molecule has 6 nitrogen and oxygen atoms in total. The van der Waals surface area contributed by atoms with Crippen molar-refractivity contribution in [1.82, 2.24) is 20.1 Å². The molecular weight excluding hydrogens is 384 g/mol. The second-order valence-electron chi connectivity index (χ2n) is 7.53. The molecule has 1 amide bonds. The molecule has 0 aliphatic heterocycles. The van der Waals surface area contributed by atoms with E-state index in [0.717, 1.165) is 21.8 Å². The number of pyridine rings is 1. The molecule has 7 heteroatoms. The van der Waals surface area contributed by atoms with Crippen LogP contribution in [0.1, 0.15) is 31.3 Å². The lowest BCUT2D eigenvalue weighted by molar-refractivity contribution is 0.0942. The van der Waals surface area contributed by atoms with Crippen LogP contribution in [0.3, 0.4) is 0 Å². The minimum absolute atomic E-state index is 0.0968. The highest BCUT2D eigenvalue weighted by atomic mass is 32.2. The summed E-state index contributed by atoms with van der Waals surface area (Å²) in [5.41, 5.74) is 2.13. The molecule has 2 aromatic heterocycles. The number of aromatic nitrogens is 3. The van der Waals surface area contributed by atoms with E-state index < -0.39 is 0 Å². The number of amides is 1. The summed E-state index contributed by atoms with van der Waals surface area (Å²) >= 11 is 1.63. The van der Waals surface area contributed by atoms with Crippen LogP contribution in [0, 0.1) is 0 Å². The van der Waals surface area contributed by atoms with Crippen LogP contribution >= 0.6 is 11.8 Å². The van der Waals surface area contributed by atoms with E-state index in [1.54, 1.807) is 30.2 Å². The van der Waals surface area contributed by atoms with E-state index in [4.69, 9.17) is 4.74 Å². The summed E-state index contributed by atoms with van der Waals surface area (Å²) in [6.07, 6.45) is 7.44. The average molecular weight is 411 g/mol. The van der Waals surface area contributed by atoms with Crippen molar-refractivity contribution < 1.29 is 9.53 Å². The molecule has 152 valence electrons. The molecule has 0 aliphatic rings. The van der Waals surface area contributed by atoms with E-state index in [-0.39, 0.29) is 11.4 Å². The molecule has 0 fully saturated rings. The molecule has 0 spiro atoms. The Balaban J connectivity index is 1.59. The molecule has 0 radical (unpaired) electrons. The molecule has 3 rings (SSSR count). The fourth-order valence-corrected chi connectivity index (χ4v) is 3.27. The molecule has 0 atom stereocenters. The molecule has 0 unspecified atom stereocenters. The van der Waals surface area contributed by atoms with E-state index >= 15 is 0 Å². The van der Waals surface area contributed by atoms with Crippen molar-refractivity contribution in [3.63, 3.8) is 0 Å². The molecule has 2 heterocycles. The van der Waals surface area contributed by atoms with Gasteiger partial charge in [-0.1, -0.05) is 12.1 Å². The SMILES string of the molecule is CSc1ccccc1OCCNC(=O)c1cc(-c2cnn(C(C)(C)C)c2)ccn1. The average Bonchev–Trinajstić information content (AvgIpc) is 3.22. The normalized spacial score (nSPS) is 11.3. The fourth-order valence-electron chi connectivity index (χ4n) is 2.73. The van der Waals surface area contributed by atoms with E-state index in [2.05, 4.69) is 36.2 Å². The predicted molar refractivity (Wildman–Crippen MR) is 117 cm³/mol. The van der Waals surface area contributed by atoms with E-state index in [1.165, 1.54) is 0 Å². The zero-order chi connectivity index (χ0) is 20.9. The second kappa shape index (κ2) is 9.13. The van der Waals surface area contributed by atoms with Gasteiger partial charge in [-0.05, 0) is 56.9 Å². The van der Waals surface area contributed by atoms with Gasteiger partial charge in [-0.25, -0.2) is 0 Å². The maximum Gasteiger partial charge on any atom is 0.270 e. The molecule has 1 N–H and O–H groups in total. The third kappa shape index (κ3) is 5.38. The first-order valence-electron chi connectivity index (χ1n) is 9.44. The summed E-state index contributed by atoms with van der Waals surface area (Å²) in [6, 6.07) is 11.5. The van der Waals surface area contributed by atoms with Crippen LogP contribution < -0.4 is 10.1 Å². The molecule has 0 saturated heterocycles. The summed E-state index contributed by atoms with van der Waals surface area (Å²) in [6.45, 7) is 7.06. The van der Waals surface area contributed by atoms with Crippen molar-refractivity contribution in [2.75, 3.05) is 19.4 Å². The fraction of sp³-hybridized carbons (Fsp3) is 0.318. The molecule has 3 aromatic rings. The Hall–Kier alpha value is -2.80. The largest absolute Gasteiger partial charge is 0.491 e. The number of carbonyl (C=O) groups is 1. The van der Waals surface area contributed by atoms with Gasteiger partial charge in [0.2, 0.25) is 0 Å². The van der Waals surface area contributed by atoms with Crippen LogP contribution in [0.4, 0.5) is 0 Å². The Bertz CT molecular complexity index is 979. The zero-order valence-corrected chi connectivity index (χ0v) is 18.0. The van der Waals surface area contributed by atoms with Crippen LogP contribution in [0.2, 0.25) is 0 Å². The minimum atomic E-state index is -0.225. The minimum Gasteiger partial charge on any atom is -0.491 e. The first-order valence-corrected chi connectivity index (χ1v) is 10.7. The van der Waals surface area contributed by atoms with Crippen molar-refractivity contribution in [3.05, 3.63) is 60.7 Å². The number of benzene rings is 1. The number of hydrogen-bond acceptors (Lipinski definition) is 5. The van der Waals surface area contributed by atoms with E-state index in [1.807, 2.05) is 47.5 Å². The molecule has 0 bridgehead atoms. The van der Waals surface area contributed by atoms with Crippen molar-refractivity contribution in [2.45, 2.75) is 31.2 Å². The molecule has 0 saturated carbocycles. The Morgan fingerprint density at radius 1 is 1.21 bits per heavy atom. The van der Waals surface area contributed by atoms with Gasteiger partial charge in [0.05, 0.1) is 18.3 Å². The third-order valence-electron chi connectivity index (χ3n) is 4.31. The number of rotatable bonds is 7. The summed E-state index contributed by atoms with van der Waals surface area (Å²) in [7, 11) is 0. The Labute approximate surface area is 175 Å². The van der Waals surface area contributed by atoms with Crippen molar-refractivity contribution in [3.8, 4) is 16.9 Å². The van der Waals surface area contributed by atoms with Gasteiger partial charge in [0, 0.05) is 22.9 Å². The summed E-state index contributed by atoms with van der Waals surface area (Å²) in [4.78, 5) is 17.7. The molecule has 29 heavy (non-hydrogen) atoms. The number of nitrogens with one attached hydrogen (secondary N) is 1.